The molecule has 17 heavy (non-hydrogen) atoms. The van der Waals surface area contributed by atoms with Crippen molar-refractivity contribution in [3.63, 3.8) is 0 Å². The van der Waals surface area contributed by atoms with E-state index < -0.39 is 0 Å². The second-order valence-electron chi connectivity index (χ2n) is 4.13. The third-order valence-electron chi connectivity index (χ3n) is 2.93. The number of rotatable bonds is 2. The molecule has 0 aliphatic rings. The average Bonchev–Trinajstić information content (AvgIpc) is 2.79. The fourth-order valence-electron chi connectivity index (χ4n) is 1.93. The Kier molecular flexibility index (Phi) is 2.37. The molecule has 3 heteroatoms. The second kappa shape index (κ2) is 4.01. The molecule has 0 aliphatic heterocycles. The summed E-state index contributed by atoms with van der Waals surface area (Å²) in [6.45, 7) is 2.11. The van der Waals surface area contributed by atoms with Gasteiger partial charge in [-0.15, -0.1) is 0 Å². The maximum atomic E-state index is 4.19. The van der Waals surface area contributed by atoms with Crippen molar-refractivity contribution >= 4 is 5.65 Å². The molecule has 0 amide bonds. The monoisotopic (exact) mass is 222 g/mol. The first-order chi connectivity index (χ1) is 8.33. The van der Waals surface area contributed by atoms with E-state index in [2.05, 4.69) is 41.3 Å². The van der Waals surface area contributed by atoms with Crippen LogP contribution in [-0.4, -0.2) is 14.6 Å². The van der Waals surface area contributed by atoms with Gasteiger partial charge >= 0.3 is 0 Å². The number of benzene rings is 1. The van der Waals surface area contributed by atoms with Crippen molar-refractivity contribution < 1.29 is 0 Å². The fraction of sp³-hybridized carbons (Fsp3) is 0.143. The molecule has 1 aromatic carbocycles. The smallest absolute Gasteiger partial charge is 0.155 e. The van der Waals surface area contributed by atoms with E-state index in [1.165, 1.54) is 16.7 Å². The van der Waals surface area contributed by atoms with E-state index in [1.54, 1.807) is 10.8 Å². The Morgan fingerprint density at radius 2 is 2.29 bits per heavy atom. The number of fused-ring (bicyclic) bond motifs is 1. The normalized spacial score (nSPS) is 10.9. The van der Waals surface area contributed by atoms with E-state index >= 15 is 0 Å². The summed E-state index contributed by atoms with van der Waals surface area (Å²) in [5.41, 5.74) is 4.74. The van der Waals surface area contributed by atoms with Crippen molar-refractivity contribution in [2.75, 3.05) is 0 Å². The van der Waals surface area contributed by atoms with Gasteiger partial charge in [0.1, 0.15) is 6.33 Å². The molecule has 3 nitrogen and oxygen atoms in total. The van der Waals surface area contributed by atoms with Crippen molar-refractivity contribution in [3.05, 3.63) is 65.6 Å². The summed E-state index contributed by atoms with van der Waals surface area (Å²) in [5.74, 6) is 0. The fourth-order valence-corrected chi connectivity index (χ4v) is 1.93. The molecular weight excluding hydrogens is 210 g/mol. The zero-order valence-electron chi connectivity index (χ0n) is 9.59. The zero-order valence-corrected chi connectivity index (χ0v) is 9.59. The Labute approximate surface area is 99.7 Å². The highest BCUT2D eigenvalue weighted by atomic mass is 15.3. The molecule has 0 saturated carbocycles. The minimum Gasteiger partial charge on any atom is -0.221 e. The first kappa shape index (κ1) is 10.0. The van der Waals surface area contributed by atoms with Gasteiger partial charge in [-0.3, -0.25) is 0 Å². The van der Waals surface area contributed by atoms with Crippen LogP contribution in [0.2, 0.25) is 0 Å². The van der Waals surface area contributed by atoms with Gasteiger partial charge < -0.3 is 0 Å². The molecule has 0 bridgehead atoms. The van der Waals surface area contributed by atoms with Crippen LogP contribution in [0.15, 0.2) is 42.9 Å². The zero-order chi connectivity index (χ0) is 11.7. The van der Waals surface area contributed by atoms with Gasteiger partial charge in [0.15, 0.2) is 5.65 Å². The van der Waals surface area contributed by atoms with Crippen LogP contribution >= 0.6 is 0 Å². The van der Waals surface area contributed by atoms with Gasteiger partial charge in [-0.05, 0) is 48.2 Å². The van der Waals surface area contributed by atoms with Gasteiger partial charge in [-0.1, -0.05) is 18.2 Å². The van der Waals surface area contributed by atoms with Crippen LogP contribution < -0.4 is 0 Å². The number of hydrogen-bond donors (Lipinski definition) is 0. The Hall–Kier alpha value is -2.16. The molecule has 0 unspecified atom stereocenters. The summed E-state index contributed by atoms with van der Waals surface area (Å²) in [5, 5.41) is 4.08. The Morgan fingerprint density at radius 1 is 1.35 bits per heavy atom. The van der Waals surface area contributed by atoms with E-state index in [-0.39, 0.29) is 0 Å². The van der Waals surface area contributed by atoms with Crippen LogP contribution in [0.3, 0.4) is 0 Å². The first-order valence-corrected chi connectivity index (χ1v) is 5.57. The van der Waals surface area contributed by atoms with Gasteiger partial charge in [-0.25, -0.2) is 9.50 Å². The lowest BCUT2D eigenvalue weighted by Gasteiger charge is -2.05. The first-order valence-electron chi connectivity index (χ1n) is 5.57. The SMILES string of the molecule is Cc1c[c]ccc1Cc1ccn2ncnc2c1. The van der Waals surface area contributed by atoms with E-state index in [0.717, 1.165) is 12.1 Å². The molecular formula is C14H12N3. The molecule has 0 N–H and O–H groups in total. The quantitative estimate of drug-likeness (QED) is 0.666. The van der Waals surface area contributed by atoms with Crippen molar-refractivity contribution in [1.82, 2.24) is 14.6 Å². The van der Waals surface area contributed by atoms with Crippen molar-refractivity contribution in [2.45, 2.75) is 13.3 Å². The summed E-state index contributed by atoms with van der Waals surface area (Å²) in [4.78, 5) is 4.19. The highest BCUT2D eigenvalue weighted by Crippen LogP contribution is 2.14. The second-order valence-corrected chi connectivity index (χ2v) is 4.13. The molecule has 3 rings (SSSR count). The summed E-state index contributed by atoms with van der Waals surface area (Å²) in [6.07, 6.45) is 4.44. The van der Waals surface area contributed by atoms with E-state index in [4.69, 9.17) is 0 Å². The van der Waals surface area contributed by atoms with Gasteiger partial charge in [0.05, 0.1) is 0 Å². The maximum Gasteiger partial charge on any atom is 0.155 e. The predicted octanol–water partition coefficient (Wildman–Crippen LogP) is 2.43. The Bertz CT molecular complexity index is 655. The highest BCUT2D eigenvalue weighted by Gasteiger charge is 2.01. The van der Waals surface area contributed by atoms with Crippen LogP contribution in [0.5, 0.6) is 0 Å². The third kappa shape index (κ3) is 1.91. The number of nitrogens with zero attached hydrogens (tertiary/aromatic N) is 3. The summed E-state index contributed by atoms with van der Waals surface area (Å²) in [7, 11) is 0. The van der Waals surface area contributed by atoms with E-state index in [0.29, 0.717) is 0 Å². The molecule has 0 fully saturated rings. The summed E-state index contributed by atoms with van der Waals surface area (Å²) in [6, 6.07) is 13.3. The van der Waals surface area contributed by atoms with Crippen LogP contribution in [0, 0.1) is 13.0 Å². The molecule has 2 heterocycles. The molecule has 0 atom stereocenters. The molecule has 83 valence electrons. The molecule has 2 aromatic heterocycles. The molecule has 1 radical (unpaired) electrons. The van der Waals surface area contributed by atoms with Crippen LogP contribution in [0.1, 0.15) is 16.7 Å². The lowest BCUT2D eigenvalue weighted by molar-refractivity contribution is 0.953. The van der Waals surface area contributed by atoms with Crippen LogP contribution in [0.4, 0.5) is 0 Å². The van der Waals surface area contributed by atoms with Gasteiger partial charge in [0.2, 0.25) is 0 Å². The average molecular weight is 222 g/mol. The van der Waals surface area contributed by atoms with Gasteiger partial charge in [-0.2, -0.15) is 5.10 Å². The number of aryl methyl sites for hydroxylation is 1. The summed E-state index contributed by atoms with van der Waals surface area (Å²) < 4.78 is 1.77. The maximum absolute atomic E-state index is 4.19. The summed E-state index contributed by atoms with van der Waals surface area (Å²) >= 11 is 0. The van der Waals surface area contributed by atoms with Crippen LogP contribution in [-0.2, 0) is 6.42 Å². The lowest BCUT2D eigenvalue weighted by Crippen LogP contribution is -1.94. The van der Waals surface area contributed by atoms with Crippen molar-refractivity contribution in [1.29, 1.82) is 0 Å². The number of aromatic nitrogens is 3. The van der Waals surface area contributed by atoms with Crippen LogP contribution in [0.25, 0.3) is 5.65 Å². The molecule has 0 aliphatic carbocycles. The number of pyridine rings is 1. The van der Waals surface area contributed by atoms with E-state index in [9.17, 15) is 0 Å². The standard InChI is InChI=1S/C14H12N3/c1-11-4-2-3-5-13(11)8-12-6-7-17-14(9-12)15-10-16-17/h3-7,9-10H,8H2,1H3. The van der Waals surface area contributed by atoms with Crippen molar-refractivity contribution in [3.8, 4) is 0 Å². The largest absolute Gasteiger partial charge is 0.221 e. The minimum atomic E-state index is 0.891. The van der Waals surface area contributed by atoms with Gasteiger partial charge in [0.25, 0.3) is 0 Å². The minimum absolute atomic E-state index is 0.891. The lowest BCUT2D eigenvalue weighted by atomic mass is 10.0. The van der Waals surface area contributed by atoms with Crippen molar-refractivity contribution in [2.24, 2.45) is 0 Å². The Balaban J connectivity index is 1.97. The number of hydrogen-bond acceptors (Lipinski definition) is 2. The Morgan fingerprint density at radius 3 is 3.18 bits per heavy atom. The molecule has 3 aromatic rings. The highest BCUT2D eigenvalue weighted by molar-refractivity contribution is 5.41. The molecule has 0 saturated heterocycles. The third-order valence-corrected chi connectivity index (χ3v) is 2.93. The topological polar surface area (TPSA) is 30.2 Å². The van der Waals surface area contributed by atoms with Gasteiger partial charge in [0, 0.05) is 6.20 Å². The predicted molar refractivity (Wildman–Crippen MR) is 65.8 cm³/mol. The van der Waals surface area contributed by atoms with E-state index in [1.807, 2.05) is 18.3 Å². The molecule has 0 spiro atoms.